The molecule has 1 aliphatic rings. The van der Waals surface area contributed by atoms with E-state index in [2.05, 4.69) is 18.9 Å². The first kappa shape index (κ1) is 7.73. The maximum atomic E-state index is 11.1. The van der Waals surface area contributed by atoms with Crippen LogP contribution in [0.25, 0.3) is 0 Å². The molecule has 0 unspecified atom stereocenters. The third-order valence-corrected chi connectivity index (χ3v) is 2.36. The molecule has 1 rings (SSSR count). The molecule has 0 aromatic carbocycles. The van der Waals surface area contributed by atoms with Crippen molar-refractivity contribution in [3.8, 4) is 0 Å². The Balaban J connectivity index is 2.54. The van der Waals surface area contributed by atoms with Crippen molar-refractivity contribution < 1.29 is 4.79 Å². The van der Waals surface area contributed by atoms with Gasteiger partial charge in [-0.25, -0.2) is 0 Å². The van der Waals surface area contributed by atoms with Crippen LogP contribution in [0.2, 0.25) is 0 Å². The van der Waals surface area contributed by atoms with Gasteiger partial charge in [-0.2, -0.15) is 0 Å². The number of ketones is 1. The number of carbonyl (C=O) groups is 1. The van der Waals surface area contributed by atoms with Gasteiger partial charge in [-0.1, -0.05) is 6.92 Å². The van der Waals surface area contributed by atoms with Gasteiger partial charge in [0.05, 0.1) is 0 Å². The van der Waals surface area contributed by atoms with Crippen LogP contribution in [0.1, 0.15) is 20.3 Å². The van der Waals surface area contributed by atoms with Gasteiger partial charge in [0.15, 0.2) is 0 Å². The lowest BCUT2D eigenvalue weighted by atomic mass is 9.94. The van der Waals surface area contributed by atoms with Gasteiger partial charge in [-0.15, -0.1) is 0 Å². The van der Waals surface area contributed by atoms with E-state index < -0.39 is 0 Å². The van der Waals surface area contributed by atoms with Crippen LogP contribution >= 0.6 is 0 Å². The molecule has 0 bridgehead atoms. The molecule has 0 aromatic heterocycles. The second-order valence-electron chi connectivity index (χ2n) is 3.36. The molecule has 0 amide bonds. The van der Waals surface area contributed by atoms with Crippen LogP contribution in [-0.2, 0) is 4.79 Å². The predicted molar refractivity (Wildman–Crippen MR) is 40.9 cm³/mol. The molecule has 58 valence electrons. The minimum atomic E-state index is 0.251. The normalized spacial score (nSPS) is 36.5. The summed E-state index contributed by atoms with van der Waals surface area (Å²) in [5.74, 6) is 0.673. The second kappa shape index (κ2) is 2.70. The highest BCUT2D eigenvalue weighted by atomic mass is 16.1. The highest BCUT2D eigenvalue weighted by molar-refractivity contribution is 5.82. The maximum absolute atomic E-state index is 11.1. The topological polar surface area (TPSA) is 20.3 Å². The molecule has 2 nitrogen and oxygen atoms in total. The smallest absolute Gasteiger partial charge is 0.138 e. The number of carbonyl (C=O) groups excluding carboxylic acids is 1. The van der Waals surface area contributed by atoms with E-state index >= 15 is 0 Å². The summed E-state index contributed by atoms with van der Waals surface area (Å²) in [6.45, 7) is 5.04. The number of Topliss-reactive ketones (excluding diaryl/α,β-unsaturated/α-hetero) is 1. The van der Waals surface area contributed by atoms with Gasteiger partial charge in [-0.3, -0.25) is 4.79 Å². The molecule has 0 spiro atoms. The first-order valence-corrected chi connectivity index (χ1v) is 3.84. The van der Waals surface area contributed by atoms with E-state index in [0.717, 1.165) is 13.0 Å². The molecule has 2 atom stereocenters. The predicted octanol–water partition coefficient (Wildman–Crippen LogP) is 0.916. The van der Waals surface area contributed by atoms with Crippen LogP contribution in [0.3, 0.4) is 0 Å². The number of hydrogen-bond acceptors (Lipinski definition) is 2. The highest BCUT2D eigenvalue weighted by Crippen LogP contribution is 2.15. The molecule has 1 heterocycles. The average molecular weight is 141 g/mol. The Hall–Kier alpha value is -0.370. The minimum absolute atomic E-state index is 0.251. The Kier molecular flexibility index (Phi) is 2.09. The van der Waals surface area contributed by atoms with Crippen LogP contribution in [0.4, 0.5) is 0 Å². The second-order valence-corrected chi connectivity index (χ2v) is 3.36. The standard InChI is InChI=1S/C8H15NO/c1-6-5-9(3)7(2)4-8(6)10/h6-7H,4-5H2,1-3H3/t6-,7+/m1/s1. The molecule has 0 radical (unpaired) electrons. The Labute approximate surface area is 62.2 Å². The van der Waals surface area contributed by atoms with Crippen molar-refractivity contribution in [2.45, 2.75) is 26.3 Å². The number of nitrogens with zero attached hydrogens (tertiary/aromatic N) is 1. The van der Waals surface area contributed by atoms with Gasteiger partial charge in [0.1, 0.15) is 5.78 Å². The lowest BCUT2D eigenvalue weighted by Gasteiger charge is -2.32. The van der Waals surface area contributed by atoms with E-state index in [1.54, 1.807) is 0 Å². The third-order valence-electron chi connectivity index (χ3n) is 2.36. The van der Waals surface area contributed by atoms with Crippen molar-refractivity contribution in [3.05, 3.63) is 0 Å². The summed E-state index contributed by atoms with van der Waals surface area (Å²) >= 11 is 0. The molecule has 0 saturated carbocycles. The van der Waals surface area contributed by atoms with E-state index in [1.807, 2.05) is 6.92 Å². The fourth-order valence-electron chi connectivity index (χ4n) is 1.36. The zero-order valence-corrected chi connectivity index (χ0v) is 6.92. The zero-order chi connectivity index (χ0) is 7.72. The van der Waals surface area contributed by atoms with Gasteiger partial charge < -0.3 is 4.90 Å². The summed E-state index contributed by atoms with van der Waals surface area (Å²) in [5, 5.41) is 0. The van der Waals surface area contributed by atoms with Crippen LogP contribution in [-0.4, -0.2) is 30.3 Å². The lowest BCUT2D eigenvalue weighted by Crippen LogP contribution is -2.42. The van der Waals surface area contributed by atoms with Crippen molar-refractivity contribution in [3.63, 3.8) is 0 Å². The summed E-state index contributed by atoms with van der Waals surface area (Å²) in [5.41, 5.74) is 0. The zero-order valence-electron chi connectivity index (χ0n) is 6.92. The SMILES string of the molecule is C[C@@H]1CN(C)[C@@H](C)CC1=O. The summed E-state index contributed by atoms with van der Waals surface area (Å²) in [6, 6.07) is 0.448. The van der Waals surface area contributed by atoms with Gasteiger partial charge >= 0.3 is 0 Å². The maximum Gasteiger partial charge on any atom is 0.138 e. The van der Waals surface area contributed by atoms with Crippen molar-refractivity contribution in [2.24, 2.45) is 5.92 Å². The van der Waals surface area contributed by atoms with Gasteiger partial charge in [0.2, 0.25) is 0 Å². The summed E-state index contributed by atoms with van der Waals surface area (Å²) in [7, 11) is 2.08. The van der Waals surface area contributed by atoms with E-state index in [0.29, 0.717) is 11.8 Å². The van der Waals surface area contributed by atoms with Crippen LogP contribution in [0.15, 0.2) is 0 Å². The molecular weight excluding hydrogens is 126 g/mol. The molecule has 1 fully saturated rings. The van der Waals surface area contributed by atoms with Crippen LogP contribution < -0.4 is 0 Å². The van der Waals surface area contributed by atoms with Gasteiger partial charge in [0, 0.05) is 24.9 Å². The monoisotopic (exact) mass is 141 g/mol. The highest BCUT2D eigenvalue weighted by Gasteiger charge is 2.25. The van der Waals surface area contributed by atoms with Crippen LogP contribution in [0, 0.1) is 5.92 Å². The fraction of sp³-hybridized carbons (Fsp3) is 0.875. The molecule has 10 heavy (non-hydrogen) atoms. The summed E-state index contributed by atoms with van der Waals surface area (Å²) in [6.07, 6.45) is 0.734. The summed E-state index contributed by atoms with van der Waals surface area (Å²) in [4.78, 5) is 13.4. The number of hydrogen-bond donors (Lipinski definition) is 0. The average Bonchev–Trinajstić information content (AvgIpc) is 1.84. The molecule has 1 aliphatic heterocycles. The van der Waals surface area contributed by atoms with E-state index in [1.165, 1.54) is 0 Å². The lowest BCUT2D eigenvalue weighted by molar-refractivity contribution is -0.126. The van der Waals surface area contributed by atoms with Crippen molar-refractivity contribution >= 4 is 5.78 Å². The molecule has 0 aliphatic carbocycles. The Morgan fingerprint density at radius 1 is 1.50 bits per heavy atom. The Bertz CT molecular complexity index is 144. The fourth-order valence-corrected chi connectivity index (χ4v) is 1.36. The van der Waals surface area contributed by atoms with Crippen molar-refractivity contribution in [1.82, 2.24) is 4.90 Å². The first-order chi connectivity index (χ1) is 4.61. The van der Waals surface area contributed by atoms with Gasteiger partial charge in [-0.05, 0) is 14.0 Å². The minimum Gasteiger partial charge on any atom is -0.303 e. The Morgan fingerprint density at radius 2 is 2.10 bits per heavy atom. The van der Waals surface area contributed by atoms with Crippen molar-refractivity contribution in [1.29, 1.82) is 0 Å². The van der Waals surface area contributed by atoms with E-state index in [-0.39, 0.29) is 5.92 Å². The molecule has 2 heteroatoms. The third kappa shape index (κ3) is 1.37. The number of likely N-dealkylation sites (tertiary alicyclic amines) is 1. The largest absolute Gasteiger partial charge is 0.303 e. The van der Waals surface area contributed by atoms with E-state index in [4.69, 9.17) is 0 Å². The first-order valence-electron chi connectivity index (χ1n) is 3.84. The van der Waals surface area contributed by atoms with Crippen LogP contribution in [0.5, 0.6) is 0 Å². The van der Waals surface area contributed by atoms with Gasteiger partial charge in [0.25, 0.3) is 0 Å². The molecule has 1 saturated heterocycles. The number of piperidine rings is 1. The molecular formula is C8H15NO. The molecule has 0 N–H and O–H groups in total. The van der Waals surface area contributed by atoms with E-state index in [9.17, 15) is 4.79 Å². The molecule has 0 aromatic rings. The quantitative estimate of drug-likeness (QED) is 0.500. The van der Waals surface area contributed by atoms with Crippen molar-refractivity contribution in [2.75, 3.05) is 13.6 Å². The number of rotatable bonds is 0. The summed E-state index contributed by atoms with van der Waals surface area (Å²) < 4.78 is 0. The Morgan fingerprint density at radius 3 is 2.60 bits per heavy atom.